The second-order valence-electron chi connectivity index (χ2n) is 3.14. The monoisotopic (exact) mass is 190 g/mol. The number of benzene rings is 1. The molecule has 1 N–H and O–H groups in total. The summed E-state index contributed by atoms with van der Waals surface area (Å²) in [5, 5.41) is 11.7. The van der Waals surface area contributed by atoms with Crippen molar-refractivity contribution in [3.8, 4) is 11.8 Å². The third-order valence-corrected chi connectivity index (χ3v) is 1.96. The molecule has 1 atom stereocenters. The van der Waals surface area contributed by atoms with Crippen LogP contribution in [-0.2, 0) is 0 Å². The van der Waals surface area contributed by atoms with E-state index in [0.29, 0.717) is 18.2 Å². The van der Waals surface area contributed by atoms with E-state index >= 15 is 0 Å². The fraction of sp³-hybridized carbons (Fsp3) is 0.364. The molecule has 0 aliphatic rings. The van der Waals surface area contributed by atoms with Gasteiger partial charge in [-0.15, -0.1) is 0 Å². The van der Waals surface area contributed by atoms with Crippen molar-refractivity contribution in [2.45, 2.75) is 13.0 Å². The Labute approximate surface area is 84.3 Å². The van der Waals surface area contributed by atoms with Crippen molar-refractivity contribution in [2.75, 3.05) is 13.7 Å². The summed E-state index contributed by atoms with van der Waals surface area (Å²) >= 11 is 0. The van der Waals surface area contributed by atoms with Crippen molar-refractivity contribution in [2.24, 2.45) is 0 Å². The van der Waals surface area contributed by atoms with Gasteiger partial charge in [-0.25, -0.2) is 0 Å². The van der Waals surface area contributed by atoms with Crippen LogP contribution in [0.3, 0.4) is 0 Å². The normalized spacial score (nSPS) is 11.8. The second-order valence-corrected chi connectivity index (χ2v) is 3.14. The molecule has 3 heteroatoms. The summed E-state index contributed by atoms with van der Waals surface area (Å²) in [6, 6.07) is 9.54. The number of hydrogen-bond donors (Lipinski definition) is 1. The number of likely N-dealkylation sites (N-methyl/N-ethyl adjacent to an activating group) is 1. The van der Waals surface area contributed by atoms with E-state index in [1.54, 1.807) is 12.1 Å². The largest absolute Gasteiger partial charge is 0.492 e. The molecule has 3 nitrogen and oxygen atoms in total. The van der Waals surface area contributed by atoms with Gasteiger partial charge < -0.3 is 10.1 Å². The molecule has 0 saturated carbocycles. The third kappa shape index (κ3) is 3.08. The van der Waals surface area contributed by atoms with E-state index in [4.69, 9.17) is 10.00 Å². The maximum absolute atomic E-state index is 8.67. The minimum absolute atomic E-state index is 0.306. The maximum atomic E-state index is 8.67. The highest BCUT2D eigenvalue weighted by Crippen LogP contribution is 2.12. The topological polar surface area (TPSA) is 45.0 Å². The van der Waals surface area contributed by atoms with E-state index in [9.17, 15) is 0 Å². The molecular weight excluding hydrogens is 176 g/mol. The molecule has 0 saturated heterocycles. The minimum Gasteiger partial charge on any atom is -0.492 e. The van der Waals surface area contributed by atoms with Crippen LogP contribution >= 0.6 is 0 Å². The molecule has 1 aromatic rings. The predicted octanol–water partition coefficient (Wildman–Crippen LogP) is 1.54. The maximum Gasteiger partial charge on any atom is 0.120 e. The zero-order chi connectivity index (χ0) is 10.4. The van der Waals surface area contributed by atoms with Crippen molar-refractivity contribution in [3.05, 3.63) is 29.8 Å². The van der Waals surface area contributed by atoms with Gasteiger partial charge in [0.1, 0.15) is 12.4 Å². The van der Waals surface area contributed by atoms with Gasteiger partial charge in [0.25, 0.3) is 0 Å². The molecule has 0 aliphatic heterocycles. The van der Waals surface area contributed by atoms with E-state index in [0.717, 1.165) is 5.75 Å². The molecule has 0 aromatic heterocycles. The van der Waals surface area contributed by atoms with Crippen LogP contribution in [0.4, 0.5) is 0 Å². The lowest BCUT2D eigenvalue weighted by atomic mass is 10.2. The third-order valence-electron chi connectivity index (χ3n) is 1.96. The van der Waals surface area contributed by atoms with Crippen LogP contribution in [0.15, 0.2) is 24.3 Å². The zero-order valence-electron chi connectivity index (χ0n) is 8.45. The standard InChI is InChI=1S/C11H14N2O/c1-9(13-2)8-14-11-5-3-4-10(6-11)7-12/h3-6,9,13H,8H2,1-2H3. The van der Waals surface area contributed by atoms with Crippen molar-refractivity contribution in [1.29, 1.82) is 5.26 Å². The van der Waals surface area contributed by atoms with E-state index in [2.05, 4.69) is 11.4 Å². The van der Waals surface area contributed by atoms with Gasteiger partial charge in [0.05, 0.1) is 11.6 Å². The Morgan fingerprint density at radius 2 is 2.36 bits per heavy atom. The number of hydrogen-bond acceptors (Lipinski definition) is 3. The van der Waals surface area contributed by atoms with E-state index in [-0.39, 0.29) is 0 Å². The molecule has 0 aliphatic carbocycles. The number of ether oxygens (including phenoxy) is 1. The minimum atomic E-state index is 0.306. The van der Waals surface area contributed by atoms with Crippen LogP contribution in [0.2, 0.25) is 0 Å². The summed E-state index contributed by atoms with van der Waals surface area (Å²) in [4.78, 5) is 0. The Kier molecular flexibility index (Phi) is 3.96. The van der Waals surface area contributed by atoms with Gasteiger partial charge in [0.2, 0.25) is 0 Å². The highest BCUT2D eigenvalue weighted by Gasteiger charge is 2.00. The first-order valence-corrected chi connectivity index (χ1v) is 4.56. The second kappa shape index (κ2) is 5.25. The van der Waals surface area contributed by atoms with Gasteiger partial charge in [-0.3, -0.25) is 0 Å². The Morgan fingerprint density at radius 1 is 1.57 bits per heavy atom. The molecule has 0 heterocycles. The fourth-order valence-electron chi connectivity index (χ4n) is 0.960. The number of rotatable bonds is 4. The lowest BCUT2D eigenvalue weighted by molar-refractivity contribution is 0.280. The van der Waals surface area contributed by atoms with Gasteiger partial charge in [-0.1, -0.05) is 6.07 Å². The SMILES string of the molecule is CNC(C)COc1cccc(C#N)c1. The van der Waals surface area contributed by atoms with E-state index in [1.165, 1.54) is 0 Å². The highest BCUT2D eigenvalue weighted by atomic mass is 16.5. The zero-order valence-corrected chi connectivity index (χ0v) is 8.45. The van der Waals surface area contributed by atoms with Crippen LogP contribution in [0.25, 0.3) is 0 Å². The summed E-state index contributed by atoms with van der Waals surface area (Å²) in [6.07, 6.45) is 0. The lowest BCUT2D eigenvalue weighted by Gasteiger charge is -2.11. The molecule has 1 unspecified atom stereocenters. The Bertz CT molecular complexity index is 330. The first-order valence-electron chi connectivity index (χ1n) is 4.56. The van der Waals surface area contributed by atoms with Crippen molar-refractivity contribution < 1.29 is 4.74 Å². The predicted molar refractivity (Wildman–Crippen MR) is 55.2 cm³/mol. The first kappa shape index (κ1) is 10.6. The average molecular weight is 190 g/mol. The molecule has 1 aromatic carbocycles. The summed E-state index contributed by atoms with van der Waals surface area (Å²) < 4.78 is 5.49. The summed E-state index contributed by atoms with van der Waals surface area (Å²) in [6.45, 7) is 2.64. The number of nitrogens with one attached hydrogen (secondary N) is 1. The molecule has 0 radical (unpaired) electrons. The summed E-state index contributed by atoms with van der Waals surface area (Å²) in [5.74, 6) is 0.742. The van der Waals surface area contributed by atoms with Crippen LogP contribution < -0.4 is 10.1 Å². The summed E-state index contributed by atoms with van der Waals surface area (Å²) in [5.41, 5.74) is 0.625. The number of nitrogens with zero attached hydrogens (tertiary/aromatic N) is 1. The quantitative estimate of drug-likeness (QED) is 0.783. The smallest absolute Gasteiger partial charge is 0.120 e. The van der Waals surface area contributed by atoms with Crippen LogP contribution in [-0.4, -0.2) is 19.7 Å². The molecule has 74 valence electrons. The molecular formula is C11H14N2O. The molecule has 0 spiro atoms. The van der Waals surface area contributed by atoms with Crippen LogP contribution in [0.5, 0.6) is 5.75 Å². The van der Waals surface area contributed by atoms with Crippen molar-refractivity contribution in [1.82, 2.24) is 5.32 Å². The molecule has 0 amide bonds. The summed E-state index contributed by atoms with van der Waals surface area (Å²) in [7, 11) is 1.89. The Balaban J connectivity index is 2.55. The van der Waals surface area contributed by atoms with E-state index in [1.807, 2.05) is 26.1 Å². The van der Waals surface area contributed by atoms with Crippen molar-refractivity contribution >= 4 is 0 Å². The van der Waals surface area contributed by atoms with Gasteiger partial charge >= 0.3 is 0 Å². The molecule has 0 bridgehead atoms. The first-order chi connectivity index (χ1) is 6.76. The van der Waals surface area contributed by atoms with Gasteiger partial charge in [-0.05, 0) is 32.2 Å². The Hall–Kier alpha value is -1.53. The van der Waals surface area contributed by atoms with Gasteiger partial charge in [-0.2, -0.15) is 5.26 Å². The molecule has 14 heavy (non-hydrogen) atoms. The lowest BCUT2D eigenvalue weighted by Crippen LogP contribution is -2.28. The molecule has 0 fully saturated rings. The van der Waals surface area contributed by atoms with Crippen LogP contribution in [0.1, 0.15) is 12.5 Å². The highest BCUT2D eigenvalue weighted by molar-refractivity contribution is 5.36. The van der Waals surface area contributed by atoms with E-state index < -0.39 is 0 Å². The fourth-order valence-corrected chi connectivity index (χ4v) is 0.960. The van der Waals surface area contributed by atoms with Gasteiger partial charge in [0.15, 0.2) is 0 Å². The Morgan fingerprint density at radius 3 is 3.00 bits per heavy atom. The van der Waals surface area contributed by atoms with Crippen molar-refractivity contribution in [3.63, 3.8) is 0 Å². The average Bonchev–Trinajstić information content (AvgIpc) is 2.26. The molecule has 1 rings (SSSR count). The number of nitriles is 1. The van der Waals surface area contributed by atoms with Crippen LogP contribution in [0, 0.1) is 11.3 Å². The van der Waals surface area contributed by atoms with Gasteiger partial charge in [0, 0.05) is 6.04 Å².